The highest BCUT2D eigenvalue weighted by Crippen LogP contribution is 2.41. The standard InChI is InChI=1S/C24H19NO3S/c26-24(22-15-19-13-12-18(16-10-11-16)14-21(19)28-22)25-29(27)23-9-5-4-8-20(23)17-6-2-1-3-7-17/h1-9,12-16H,10-11H2,(H,25,26). The molecule has 5 rings (SSSR count). The van der Waals surface area contributed by atoms with Gasteiger partial charge in [0.05, 0.1) is 4.90 Å². The average molecular weight is 401 g/mol. The molecule has 1 aliphatic rings. The minimum absolute atomic E-state index is 0.165. The fourth-order valence-corrected chi connectivity index (χ4v) is 4.47. The van der Waals surface area contributed by atoms with Gasteiger partial charge in [-0.05, 0) is 53.6 Å². The predicted molar refractivity (Wildman–Crippen MR) is 114 cm³/mol. The van der Waals surface area contributed by atoms with Gasteiger partial charge in [-0.1, -0.05) is 60.7 Å². The van der Waals surface area contributed by atoms with Crippen LogP contribution in [-0.2, 0) is 11.0 Å². The first-order valence-electron chi connectivity index (χ1n) is 9.60. The molecule has 29 heavy (non-hydrogen) atoms. The maximum atomic E-state index is 12.9. The number of rotatable bonds is 5. The molecule has 0 aliphatic heterocycles. The predicted octanol–water partition coefficient (Wildman–Crippen LogP) is 5.43. The van der Waals surface area contributed by atoms with E-state index < -0.39 is 16.9 Å². The number of benzene rings is 3. The summed E-state index contributed by atoms with van der Waals surface area (Å²) in [6, 6.07) is 24.8. The first-order chi connectivity index (χ1) is 14.2. The topological polar surface area (TPSA) is 59.3 Å². The number of fused-ring (bicyclic) bond motifs is 1. The SMILES string of the molecule is O=C(NS(=O)c1ccccc1-c1ccccc1)c1cc2ccc(C3CC3)cc2o1. The average Bonchev–Trinajstić information content (AvgIpc) is 3.52. The summed E-state index contributed by atoms with van der Waals surface area (Å²) in [5, 5.41) is 0.870. The Morgan fingerprint density at radius 2 is 1.69 bits per heavy atom. The van der Waals surface area contributed by atoms with E-state index in [9.17, 15) is 9.00 Å². The van der Waals surface area contributed by atoms with Gasteiger partial charge in [-0.2, -0.15) is 0 Å². The van der Waals surface area contributed by atoms with Crippen molar-refractivity contribution in [2.45, 2.75) is 23.7 Å². The molecule has 1 heterocycles. The Bertz CT molecular complexity index is 1230. The first-order valence-corrected chi connectivity index (χ1v) is 10.7. The van der Waals surface area contributed by atoms with E-state index in [1.807, 2.05) is 60.7 Å². The maximum absolute atomic E-state index is 12.9. The molecule has 1 N–H and O–H groups in total. The summed E-state index contributed by atoms with van der Waals surface area (Å²) in [7, 11) is -1.71. The van der Waals surface area contributed by atoms with Gasteiger partial charge in [-0.3, -0.25) is 9.52 Å². The van der Waals surface area contributed by atoms with E-state index in [-0.39, 0.29) is 5.76 Å². The molecule has 144 valence electrons. The van der Waals surface area contributed by atoms with Crippen molar-refractivity contribution >= 4 is 27.9 Å². The zero-order valence-electron chi connectivity index (χ0n) is 15.6. The highest BCUT2D eigenvalue weighted by molar-refractivity contribution is 7.83. The highest BCUT2D eigenvalue weighted by Gasteiger charge is 2.24. The normalized spacial score (nSPS) is 14.6. The third kappa shape index (κ3) is 3.61. The summed E-state index contributed by atoms with van der Waals surface area (Å²) in [6.45, 7) is 0. The fraction of sp³-hybridized carbons (Fsp3) is 0.125. The van der Waals surface area contributed by atoms with Crippen LogP contribution in [0.3, 0.4) is 0 Å². The molecule has 1 amide bonds. The maximum Gasteiger partial charge on any atom is 0.298 e. The van der Waals surface area contributed by atoms with Crippen LogP contribution in [0.1, 0.15) is 34.9 Å². The molecule has 1 fully saturated rings. The molecular weight excluding hydrogens is 382 g/mol. The van der Waals surface area contributed by atoms with Crippen molar-refractivity contribution in [2.75, 3.05) is 0 Å². The Morgan fingerprint density at radius 3 is 2.48 bits per heavy atom. The van der Waals surface area contributed by atoms with Gasteiger partial charge in [0.2, 0.25) is 0 Å². The van der Waals surface area contributed by atoms with Crippen LogP contribution < -0.4 is 4.72 Å². The molecule has 0 bridgehead atoms. The summed E-state index contributed by atoms with van der Waals surface area (Å²) in [5.41, 5.74) is 3.71. The van der Waals surface area contributed by atoms with Crippen LogP contribution in [0.5, 0.6) is 0 Å². The van der Waals surface area contributed by atoms with Gasteiger partial charge in [0, 0.05) is 5.39 Å². The van der Waals surface area contributed by atoms with E-state index in [0.717, 1.165) is 16.5 Å². The zero-order valence-corrected chi connectivity index (χ0v) is 16.4. The van der Waals surface area contributed by atoms with Crippen molar-refractivity contribution in [3.8, 4) is 11.1 Å². The van der Waals surface area contributed by atoms with E-state index >= 15 is 0 Å². The van der Waals surface area contributed by atoms with Crippen LogP contribution in [0.25, 0.3) is 22.1 Å². The second-order valence-electron chi connectivity index (χ2n) is 7.24. The summed E-state index contributed by atoms with van der Waals surface area (Å²) in [4.78, 5) is 13.2. The molecule has 3 aromatic carbocycles. The van der Waals surface area contributed by atoms with Crippen LogP contribution >= 0.6 is 0 Å². The summed E-state index contributed by atoms with van der Waals surface area (Å²) in [5.74, 6) is 0.289. The molecule has 1 atom stereocenters. The van der Waals surface area contributed by atoms with Crippen molar-refractivity contribution < 1.29 is 13.4 Å². The molecule has 0 radical (unpaired) electrons. The second-order valence-corrected chi connectivity index (χ2v) is 8.43. The Balaban J connectivity index is 1.40. The molecular formula is C24H19NO3S. The van der Waals surface area contributed by atoms with Gasteiger partial charge < -0.3 is 4.42 Å². The van der Waals surface area contributed by atoms with Crippen molar-refractivity contribution in [1.82, 2.24) is 4.72 Å². The van der Waals surface area contributed by atoms with Crippen LogP contribution in [-0.4, -0.2) is 10.1 Å². The molecule has 1 aromatic heterocycles. The lowest BCUT2D eigenvalue weighted by atomic mass is 10.1. The van der Waals surface area contributed by atoms with Crippen molar-refractivity contribution in [1.29, 1.82) is 0 Å². The van der Waals surface area contributed by atoms with Crippen LogP contribution in [0.2, 0.25) is 0 Å². The number of amides is 1. The number of hydrogen-bond acceptors (Lipinski definition) is 3. The Morgan fingerprint density at radius 1 is 0.931 bits per heavy atom. The van der Waals surface area contributed by atoms with E-state index in [4.69, 9.17) is 4.42 Å². The monoisotopic (exact) mass is 401 g/mol. The molecule has 0 spiro atoms. The van der Waals surface area contributed by atoms with E-state index in [1.54, 1.807) is 12.1 Å². The molecule has 4 aromatic rings. The van der Waals surface area contributed by atoms with Gasteiger partial charge in [0.1, 0.15) is 5.58 Å². The molecule has 1 unspecified atom stereocenters. The lowest BCUT2D eigenvalue weighted by molar-refractivity contribution is 0.0958. The van der Waals surface area contributed by atoms with Crippen LogP contribution in [0, 0.1) is 0 Å². The van der Waals surface area contributed by atoms with Crippen molar-refractivity contribution in [3.05, 3.63) is 90.2 Å². The van der Waals surface area contributed by atoms with E-state index in [1.165, 1.54) is 18.4 Å². The third-order valence-corrected chi connectivity index (χ3v) is 6.30. The number of carbonyl (C=O) groups is 1. The van der Waals surface area contributed by atoms with Gasteiger partial charge in [0.25, 0.3) is 5.91 Å². The number of nitrogens with one attached hydrogen (secondary N) is 1. The molecule has 4 nitrogen and oxygen atoms in total. The quantitative estimate of drug-likeness (QED) is 0.485. The number of furan rings is 1. The number of carbonyl (C=O) groups excluding carboxylic acids is 1. The Hall–Kier alpha value is -3.18. The Kier molecular flexibility index (Phi) is 4.52. The van der Waals surface area contributed by atoms with Gasteiger partial charge in [0.15, 0.2) is 16.7 Å². The third-order valence-electron chi connectivity index (χ3n) is 5.17. The largest absolute Gasteiger partial charge is 0.451 e. The van der Waals surface area contributed by atoms with Crippen molar-refractivity contribution in [2.24, 2.45) is 0 Å². The molecule has 5 heteroatoms. The van der Waals surface area contributed by atoms with Gasteiger partial charge in [-0.25, -0.2) is 4.21 Å². The number of hydrogen-bond donors (Lipinski definition) is 1. The lowest BCUT2D eigenvalue weighted by Crippen LogP contribution is -2.25. The first kappa shape index (κ1) is 17.9. The summed E-state index contributed by atoms with van der Waals surface area (Å²) < 4.78 is 21.3. The smallest absolute Gasteiger partial charge is 0.298 e. The van der Waals surface area contributed by atoms with Crippen LogP contribution in [0.15, 0.2) is 88.2 Å². The summed E-state index contributed by atoms with van der Waals surface area (Å²) >= 11 is 0. The summed E-state index contributed by atoms with van der Waals surface area (Å²) in [6.07, 6.45) is 2.42. The molecule has 1 aliphatic carbocycles. The lowest BCUT2D eigenvalue weighted by Gasteiger charge is -2.09. The minimum Gasteiger partial charge on any atom is -0.451 e. The van der Waals surface area contributed by atoms with Crippen LogP contribution in [0.4, 0.5) is 0 Å². The molecule has 0 saturated heterocycles. The van der Waals surface area contributed by atoms with E-state index in [2.05, 4.69) is 10.8 Å². The highest BCUT2D eigenvalue weighted by atomic mass is 32.2. The van der Waals surface area contributed by atoms with Gasteiger partial charge in [-0.15, -0.1) is 0 Å². The van der Waals surface area contributed by atoms with Gasteiger partial charge >= 0.3 is 0 Å². The van der Waals surface area contributed by atoms with E-state index in [0.29, 0.717) is 16.4 Å². The minimum atomic E-state index is -1.71. The Labute approximate surface area is 171 Å². The fourth-order valence-electron chi connectivity index (χ4n) is 3.50. The zero-order chi connectivity index (χ0) is 19.8. The van der Waals surface area contributed by atoms with Crippen molar-refractivity contribution in [3.63, 3.8) is 0 Å². The second kappa shape index (κ2) is 7.33. The molecule has 1 saturated carbocycles.